The Kier molecular flexibility index (Phi) is 11.4. The first-order valence-corrected chi connectivity index (χ1v) is 9.80. The molecule has 4 N–H and O–H groups in total. The lowest BCUT2D eigenvalue weighted by Gasteiger charge is -2.30. The number of phenols is 2. The van der Waals surface area contributed by atoms with Gasteiger partial charge in [0.1, 0.15) is 11.5 Å². The number of carbonyl (C=O) groups is 2. The van der Waals surface area contributed by atoms with Crippen LogP contribution in [0.3, 0.4) is 0 Å². The highest BCUT2D eigenvalue weighted by Crippen LogP contribution is 2.38. The predicted molar refractivity (Wildman–Crippen MR) is 123 cm³/mol. The predicted octanol–water partition coefficient (Wildman–Crippen LogP) is 5.06. The summed E-state index contributed by atoms with van der Waals surface area (Å²) >= 11 is 0. The van der Waals surface area contributed by atoms with Crippen molar-refractivity contribution in [2.75, 3.05) is 0 Å². The lowest BCUT2D eigenvalue weighted by molar-refractivity contribution is -0.132. The number of carboxylic acid groups (broad SMARTS) is 2. The average molecular weight is 429 g/mol. The second kappa shape index (κ2) is 12.9. The average Bonchev–Trinajstić information content (AvgIpc) is 2.74. The fourth-order valence-corrected chi connectivity index (χ4v) is 3.10. The molecule has 0 aromatic heterocycles. The molecule has 0 saturated carbocycles. The van der Waals surface area contributed by atoms with Crippen LogP contribution in [0.25, 0.3) is 0 Å². The Balaban J connectivity index is 0.000000752. The highest BCUT2D eigenvalue weighted by atomic mass is 16.4. The van der Waals surface area contributed by atoms with E-state index < -0.39 is 11.9 Å². The number of aromatic hydroxyl groups is 2. The van der Waals surface area contributed by atoms with Crippen molar-refractivity contribution in [3.05, 3.63) is 84.0 Å². The Morgan fingerprint density at radius 2 is 1.26 bits per heavy atom. The molecule has 0 amide bonds. The van der Waals surface area contributed by atoms with Crippen molar-refractivity contribution in [2.45, 2.75) is 46.0 Å². The maximum absolute atomic E-state index is 10.1. The summed E-state index contributed by atoms with van der Waals surface area (Å²) in [5, 5.41) is 34.8. The largest absolute Gasteiger partial charge is 0.508 e. The lowest BCUT2D eigenvalue weighted by Crippen LogP contribution is -2.21. The molecule has 0 aliphatic heterocycles. The van der Waals surface area contributed by atoms with Crippen molar-refractivity contribution in [3.8, 4) is 11.5 Å². The molecule has 168 valence electrons. The van der Waals surface area contributed by atoms with Gasteiger partial charge in [-0.1, -0.05) is 59.1 Å². The molecule has 2 rings (SSSR count). The van der Waals surface area contributed by atoms with Crippen LogP contribution in [0.15, 0.2) is 61.7 Å². The van der Waals surface area contributed by atoms with Gasteiger partial charge in [0, 0.05) is 17.6 Å². The van der Waals surface area contributed by atoms with Gasteiger partial charge in [0.2, 0.25) is 0 Å². The number of benzene rings is 2. The Bertz CT molecular complexity index is 877. The zero-order chi connectivity index (χ0) is 24.2. The molecule has 0 saturated heterocycles. The fourth-order valence-electron chi connectivity index (χ4n) is 3.10. The molecule has 31 heavy (non-hydrogen) atoms. The molecular formula is C25H32O6. The van der Waals surface area contributed by atoms with Crippen molar-refractivity contribution in [2.24, 2.45) is 0 Å². The Morgan fingerprint density at radius 3 is 1.61 bits per heavy atom. The molecule has 0 spiro atoms. The molecule has 0 fully saturated rings. The lowest BCUT2D eigenvalue weighted by atomic mass is 9.74. The van der Waals surface area contributed by atoms with Crippen LogP contribution in [0.2, 0.25) is 0 Å². The van der Waals surface area contributed by atoms with Gasteiger partial charge in [-0.3, -0.25) is 0 Å². The van der Waals surface area contributed by atoms with Gasteiger partial charge in [-0.05, 0) is 53.3 Å². The van der Waals surface area contributed by atoms with E-state index in [2.05, 4.69) is 40.9 Å². The van der Waals surface area contributed by atoms with Crippen LogP contribution >= 0.6 is 0 Å². The fraction of sp³-hybridized carbons (Fsp3) is 0.280. The van der Waals surface area contributed by atoms with E-state index in [4.69, 9.17) is 10.2 Å². The molecule has 0 bridgehead atoms. The molecule has 0 aliphatic rings. The first-order valence-electron chi connectivity index (χ1n) is 9.80. The third kappa shape index (κ3) is 8.38. The minimum atomic E-state index is -0.981. The van der Waals surface area contributed by atoms with E-state index in [1.165, 1.54) is 11.1 Å². The van der Waals surface area contributed by atoms with Gasteiger partial charge < -0.3 is 20.4 Å². The molecule has 6 heteroatoms. The monoisotopic (exact) mass is 428 g/mol. The summed E-state index contributed by atoms with van der Waals surface area (Å²) in [6, 6.07) is 11.2. The second-order valence-electron chi connectivity index (χ2n) is 7.05. The maximum Gasteiger partial charge on any atom is 0.327 e. The van der Waals surface area contributed by atoms with Gasteiger partial charge >= 0.3 is 11.9 Å². The standard InChI is InChI=1S/C19H24O2.2C3H4O2/c1-5-15-16(6-2)18(21)12-11-17(15)19(3,4)13-7-9-14(20)10-8-13;2*1-2-3(4)5/h7-12,20-21H,5-6H2,1-4H3;2*2H,1H2,(H,4,5). The van der Waals surface area contributed by atoms with Gasteiger partial charge in [0.05, 0.1) is 0 Å². The highest BCUT2D eigenvalue weighted by Gasteiger charge is 2.27. The van der Waals surface area contributed by atoms with Gasteiger partial charge in [-0.2, -0.15) is 0 Å². The summed E-state index contributed by atoms with van der Waals surface area (Å²) in [5.74, 6) is -1.29. The zero-order valence-electron chi connectivity index (χ0n) is 18.6. The van der Waals surface area contributed by atoms with E-state index in [0.29, 0.717) is 5.75 Å². The molecule has 6 nitrogen and oxygen atoms in total. The SMILES string of the molecule is C=CC(=O)O.C=CC(=O)O.CCc1c(O)ccc(C(C)(C)c2ccc(O)cc2)c1CC. The molecule has 2 aromatic carbocycles. The smallest absolute Gasteiger partial charge is 0.327 e. The highest BCUT2D eigenvalue weighted by molar-refractivity contribution is 5.79. The summed E-state index contributed by atoms with van der Waals surface area (Å²) in [7, 11) is 0. The Morgan fingerprint density at radius 1 is 0.839 bits per heavy atom. The van der Waals surface area contributed by atoms with E-state index in [-0.39, 0.29) is 11.2 Å². The third-order valence-electron chi connectivity index (χ3n) is 4.73. The summed E-state index contributed by atoms with van der Waals surface area (Å²) < 4.78 is 0. The second-order valence-corrected chi connectivity index (χ2v) is 7.05. The molecule has 0 aliphatic carbocycles. The van der Waals surface area contributed by atoms with Crippen LogP contribution < -0.4 is 0 Å². The summed E-state index contributed by atoms with van der Waals surface area (Å²) in [4.78, 5) is 18.5. The molecule has 0 heterocycles. The molecule has 2 aromatic rings. The van der Waals surface area contributed by atoms with Crippen molar-refractivity contribution in [1.29, 1.82) is 0 Å². The Labute approximate surface area is 183 Å². The molecule has 0 radical (unpaired) electrons. The van der Waals surface area contributed by atoms with E-state index >= 15 is 0 Å². The van der Waals surface area contributed by atoms with Crippen molar-refractivity contribution >= 4 is 11.9 Å². The minimum absolute atomic E-state index is 0.170. The van der Waals surface area contributed by atoms with Crippen molar-refractivity contribution in [3.63, 3.8) is 0 Å². The van der Waals surface area contributed by atoms with Gasteiger partial charge in [0.25, 0.3) is 0 Å². The molecule has 0 unspecified atom stereocenters. The number of phenolic OH excluding ortho intramolecular Hbond substituents is 2. The molecular weight excluding hydrogens is 396 g/mol. The first kappa shape index (κ1) is 27.5. The van der Waals surface area contributed by atoms with Crippen molar-refractivity contribution < 1.29 is 30.0 Å². The number of hydrogen-bond acceptors (Lipinski definition) is 4. The number of rotatable bonds is 6. The van der Waals surface area contributed by atoms with E-state index in [1.54, 1.807) is 18.2 Å². The van der Waals surface area contributed by atoms with Gasteiger partial charge in [-0.25, -0.2) is 9.59 Å². The third-order valence-corrected chi connectivity index (χ3v) is 4.73. The first-order chi connectivity index (χ1) is 14.5. The van der Waals surface area contributed by atoms with Crippen LogP contribution in [0, 0.1) is 0 Å². The van der Waals surface area contributed by atoms with Gasteiger partial charge in [0.15, 0.2) is 0 Å². The Hall–Kier alpha value is -3.54. The van der Waals surface area contributed by atoms with E-state index in [1.807, 2.05) is 18.2 Å². The quantitative estimate of drug-likeness (QED) is 0.478. The summed E-state index contributed by atoms with van der Waals surface area (Å²) in [6.45, 7) is 14.5. The van der Waals surface area contributed by atoms with Gasteiger partial charge in [-0.15, -0.1) is 0 Å². The zero-order valence-corrected chi connectivity index (χ0v) is 18.6. The van der Waals surface area contributed by atoms with Crippen LogP contribution in [-0.2, 0) is 27.8 Å². The minimum Gasteiger partial charge on any atom is -0.508 e. The van der Waals surface area contributed by atoms with E-state index in [9.17, 15) is 19.8 Å². The van der Waals surface area contributed by atoms with Crippen LogP contribution in [-0.4, -0.2) is 32.4 Å². The number of hydrogen-bond donors (Lipinski definition) is 4. The summed E-state index contributed by atoms with van der Waals surface area (Å²) in [5.41, 5.74) is 4.50. The topological polar surface area (TPSA) is 115 Å². The number of aliphatic carboxylic acids is 2. The summed E-state index contributed by atoms with van der Waals surface area (Å²) in [6.07, 6.45) is 3.39. The van der Waals surface area contributed by atoms with Crippen molar-refractivity contribution in [1.82, 2.24) is 0 Å². The van der Waals surface area contributed by atoms with E-state index in [0.717, 1.165) is 36.1 Å². The van der Waals surface area contributed by atoms with Crippen LogP contribution in [0.4, 0.5) is 0 Å². The van der Waals surface area contributed by atoms with Crippen LogP contribution in [0.1, 0.15) is 49.9 Å². The number of carboxylic acids is 2. The molecule has 0 atom stereocenters. The van der Waals surface area contributed by atoms with Crippen LogP contribution in [0.5, 0.6) is 11.5 Å². The normalized spacial score (nSPS) is 9.94. The maximum atomic E-state index is 10.1.